The molecule has 1 aromatic heterocycles. The van der Waals surface area contributed by atoms with Gasteiger partial charge in [0.25, 0.3) is 0 Å². The predicted octanol–water partition coefficient (Wildman–Crippen LogP) is 8.22. The highest BCUT2D eigenvalue weighted by Gasteiger charge is 2.16. The van der Waals surface area contributed by atoms with E-state index in [-0.39, 0.29) is 0 Å². The Morgan fingerprint density at radius 3 is 2.64 bits per heavy atom. The highest BCUT2D eigenvalue weighted by Crippen LogP contribution is 2.44. The zero-order chi connectivity index (χ0) is 22.8. The van der Waals surface area contributed by atoms with E-state index in [0.717, 1.165) is 44.6 Å². The van der Waals surface area contributed by atoms with Crippen LogP contribution in [0.15, 0.2) is 91.9 Å². The van der Waals surface area contributed by atoms with Gasteiger partial charge in [-0.1, -0.05) is 53.4 Å². The highest BCUT2D eigenvalue weighted by atomic mass is 32.2. The first kappa shape index (κ1) is 21.4. The Hall–Kier alpha value is -3.49. The van der Waals surface area contributed by atoms with Gasteiger partial charge in [-0.25, -0.2) is 4.98 Å². The van der Waals surface area contributed by atoms with E-state index < -0.39 is 0 Å². The van der Waals surface area contributed by atoms with Crippen molar-refractivity contribution in [2.24, 2.45) is 15.3 Å². The van der Waals surface area contributed by atoms with Crippen LogP contribution in [0.2, 0.25) is 0 Å². The molecule has 0 radical (unpaired) electrons. The molecule has 2 heterocycles. The summed E-state index contributed by atoms with van der Waals surface area (Å²) in [6, 6.07) is 22.6. The highest BCUT2D eigenvalue weighted by molar-refractivity contribution is 7.99. The Morgan fingerprint density at radius 2 is 1.76 bits per heavy atom. The SMILES string of the molecule is CC(=NNc1nc(C)c(N=Nc2cccc(C)c2)s1)c1ccc2c(c1)Nc1ccccc1S2. The summed E-state index contributed by atoms with van der Waals surface area (Å²) in [7, 11) is 0. The van der Waals surface area contributed by atoms with Gasteiger partial charge in [0.1, 0.15) is 0 Å². The van der Waals surface area contributed by atoms with Crippen molar-refractivity contribution in [1.29, 1.82) is 0 Å². The average molecular weight is 471 g/mol. The number of aromatic nitrogens is 1. The molecule has 0 bridgehead atoms. The minimum Gasteiger partial charge on any atom is -0.354 e. The molecule has 164 valence electrons. The standard InChI is InChI=1S/C25H22N6S2/c1-15-7-6-8-19(13-15)29-30-24-17(3)26-25(33-24)31-28-16(2)18-11-12-23-21(14-18)27-20-9-4-5-10-22(20)32-23/h4-14,27H,1-3H3,(H,26,31). The van der Waals surface area contributed by atoms with E-state index in [1.165, 1.54) is 21.1 Å². The van der Waals surface area contributed by atoms with Crippen LogP contribution in [0.3, 0.4) is 0 Å². The molecule has 1 aliphatic heterocycles. The Balaban J connectivity index is 1.30. The monoisotopic (exact) mass is 470 g/mol. The maximum absolute atomic E-state index is 4.55. The quantitative estimate of drug-likeness (QED) is 0.154. The molecule has 2 N–H and O–H groups in total. The van der Waals surface area contributed by atoms with E-state index >= 15 is 0 Å². The van der Waals surface area contributed by atoms with Crippen LogP contribution < -0.4 is 10.7 Å². The van der Waals surface area contributed by atoms with E-state index in [1.807, 2.05) is 51.1 Å². The van der Waals surface area contributed by atoms with E-state index in [4.69, 9.17) is 0 Å². The molecule has 0 fully saturated rings. The zero-order valence-corrected chi connectivity index (χ0v) is 20.1. The minimum atomic E-state index is 0.686. The fourth-order valence-electron chi connectivity index (χ4n) is 3.38. The number of anilines is 3. The lowest BCUT2D eigenvalue weighted by molar-refractivity contribution is 1.17. The Labute approximate surface area is 200 Å². The van der Waals surface area contributed by atoms with Crippen molar-refractivity contribution in [3.8, 4) is 0 Å². The number of aryl methyl sites for hydroxylation is 2. The van der Waals surface area contributed by atoms with Gasteiger partial charge in [-0.3, -0.25) is 5.43 Å². The van der Waals surface area contributed by atoms with Crippen molar-refractivity contribution in [1.82, 2.24) is 4.98 Å². The van der Waals surface area contributed by atoms with E-state index in [9.17, 15) is 0 Å². The largest absolute Gasteiger partial charge is 0.354 e. The van der Waals surface area contributed by atoms with Crippen molar-refractivity contribution in [3.63, 3.8) is 0 Å². The lowest BCUT2D eigenvalue weighted by Gasteiger charge is -2.21. The van der Waals surface area contributed by atoms with Gasteiger partial charge < -0.3 is 5.32 Å². The molecule has 4 aromatic rings. The van der Waals surface area contributed by atoms with Gasteiger partial charge >= 0.3 is 0 Å². The molecule has 33 heavy (non-hydrogen) atoms. The smallest absolute Gasteiger partial charge is 0.205 e. The predicted molar refractivity (Wildman–Crippen MR) is 138 cm³/mol. The molecule has 1 aliphatic rings. The topological polar surface area (TPSA) is 74.0 Å². The molecular weight excluding hydrogens is 448 g/mol. The number of benzene rings is 3. The molecule has 8 heteroatoms. The fraction of sp³-hybridized carbons (Fsp3) is 0.120. The number of nitrogens with one attached hydrogen (secondary N) is 2. The van der Waals surface area contributed by atoms with Gasteiger partial charge in [-0.15, -0.1) is 10.2 Å². The summed E-state index contributed by atoms with van der Waals surface area (Å²) in [5, 5.41) is 18.2. The number of hydrazone groups is 1. The first-order valence-corrected chi connectivity index (χ1v) is 12.1. The summed E-state index contributed by atoms with van der Waals surface area (Å²) in [5.74, 6) is 0. The number of fused-ring (bicyclic) bond motifs is 2. The second kappa shape index (κ2) is 9.17. The second-order valence-corrected chi connectivity index (χ2v) is 9.75. The van der Waals surface area contributed by atoms with E-state index in [1.54, 1.807) is 11.8 Å². The van der Waals surface area contributed by atoms with Crippen LogP contribution in [0.1, 0.15) is 23.7 Å². The maximum Gasteiger partial charge on any atom is 0.205 e. The summed E-state index contributed by atoms with van der Waals surface area (Å²) >= 11 is 3.21. The van der Waals surface area contributed by atoms with Gasteiger partial charge in [0.05, 0.1) is 28.5 Å². The van der Waals surface area contributed by atoms with Gasteiger partial charge in [0.2, 0.25) is 5.13 Å². The summed E-state index contributed by atoms with van der Waals surface area (Å²) in [6.07, 6.45) is 0. The Bertz CT molecular complexity index is 1390. The fourth-order valence-corrected chi connectivity index (χ4v) is 5.08. The molecule has 0 saturated carbocycles. The third-order valence-electron chi connectivity index (χ3n) is 5.12. The summed E-state index contributed by atoms with van der Waals surface area (Å²) < 4.78 is 0. The number of rotatable bonds is 5. The Morgan fingerprint density at radius 1 is 0.909 bits per heavy atom. The minimum absolute atomic E-state index is 0.686. The lowest BCUT2D eigenvalue weighted by Crippen LogP contribution is -2.04. The molecule has 0 spiro atoms. The van der Waals surface area contributed by atoms with Gasteiger partial charge in [-0.05, 0) is 68.3 Å². The number of hydrogen-bond acceptors (Lipinski definition) is 8. The van der Waals surface area contributed by atoms with E-state index in [2.05, 4.69) is 67.5 Å². The van der Waals surface area contributed by atoms with Crippen LogP contribution in [0.25, 0.3) is 0 Å². The number of para-hydroxylation sites is 1. The normalized spacial score (nSPS) is 12.9. The third kappa shape index (κ3) is 4.81. The molecular formula is C25H22N6S2. The maximum atomic E-state index is 4.55. The van der Waals surface area contributed by atoms with Crippen molar-refractivity contribution >= 4 is 56.0 Å². The number of nitrogens with zero attached hydrogens (tertiary/aromatic N) is 4. The molecule has 0 saturated heterocycles. The number of hydrogen-bond donors (Lipinski definition) is 2. The average Bonchev–Trinajstić information content (AvgIpc) is 3.18. The van der Waals surface area contributed by atoms with Crippen molar-refractivity contribution < 1.29 is 0 Å². The molecule has 0 amide bonds. The molecule has 3 aromatic carbocycles. The first-order chi connectivity index (χ1) is 16.0. The van der Waals surface area contributed by atoms with Gasteiger partial charge in [0.15, 0.2) is 5.00 Å². The van der Waals surface area contributed by atoms with Crippen LogP contribution in [0, 0.1) is 13.8 Å². The molecule has 6 nitrogen and oxygen atoms in total. The first-order valence-electron chi connectivity index (χ1n) is 10.5. The zero-order valence-electron chi connectivity index (χ0n) is 18.5. The lowest BCUT2D eigenvalue weighted by atomic mass is 10.1. The number of thiazole rings is 1. The van der Waals surface area contributed by atoms with Crippen molar-refractivity contribution in [2.45, 2.75) is 30.6 Å². The van der Waals surface area contributed by atoms with Gasteiger partial charge in [0, 0.05) is 9.79 Å². The summed E-state index contributed by atoms with van der Waals surface area (Å²) in [4.78, 5) is 6.97. The molecule has 0 atom stereocenters. The molecule has 5 rings (SSSR count). The van der Waals surface area contributed by atoms with Crippen molar-refractivity contribution in [2.75, 3.05) is 10.7 Å². The van der Waals surface area contributed by atoms with Crippen LogP contribution in [-0.2, 0) is 0 Å². The number of azo groups is 1. The summed E-state index contributed by atoms with van der Waals surface area (Å²) in [5.41, 5.74) is 10.0. The van der Waals surface area contributed by atoms with Crippen LogP contribution >= 0.6 is 23.1 Å². The molecule has 0 aliphatic carbocycles. The van der Waals surface area contributed by atoms with E-state index in [0.29, 0.717) is 5.13 Å². The van der Waals surface area contributed by atoms with Gasteiger partial charge in [-0.2, -0.15) is 5.10 Å². The second-order valence-electron chi connectivity index (χ2n) is 7.69. The van der Waals surface area contributed by atoms with Crippen LogP contribution in [0.4, 0.5) is 27.2 Å². The Kier molecular flexibility index (Phi) is 5.93. The van der Waals surface area contributed by atoms with Crippen LogP contribution in [0.5, 0.6) is 0 Å². The summed E-state index contributed by atoms with van der Waals surface area (Å²) in [6.45, 7) is 5.95. The third-order valence-corrected chi connectivity index (χ3v) is 7.22. The molecule has 0 unspecified atom stereocenters. The van der Waals surface area contributed by atoms with Crippen LogP contribution in [-0.4, -0.2) is 10.7 Å². The van der Waals surface area contributed by atoms with Crippen molar-refractivity contribution in [3.05, 3.63) is 83.6 Å².